The van der Waals surface area contributed by atoms with Crippen LogP contribution in [-0.4, -0.2) is 74.2 Å². The minimum Gasteiger partial charge on any atom is -0.379 e. The normalized spacial score (nSPS) is 31.2. The Kier molecular flexibility index (Phi) is 6.88. The van der Waals surface area contributed by atoms with Crippen LogP contribution in [0.1, 0.15) is 38.2 Å². The Morgan fingerprint density at radius 2 is 1.97 bits per heavy atom. The first-order chi connectivity index (χ1) is 14.2. The molecule has 2 heterocycles. The lowest BCUT2D eigenvalue weighted by molar-refractivity contribution is -0.144. The topological polar surface area (TPSA) is 44.8 Å². The average Bonchev–Trinajstić information content (AvgIpc) is 2.79. The standard InChI is InChI=1S/C24H37N3O2/c1-2-26-13-10-21-18-22(27-14-16-29-17-15-27)8-11-24(21,19-26)23(28)25-12-9-20-6-4-3-5-7-20/h3-7,21-22H,2,8-19H2,1H3,(H,25,28)/t21-,22+,24-/m1/s1. The number of hydrogen-bond acceptors (Lipinski definition) is 4. The number of carbonyl (C=O) groups is 1. The third kappa shape index (κ3) is 4.68. The first-order valence-electron chi connectivity index (χ1n) is 11.6. The van der Waals surface area contributed by atoms with E-state index in [0.717, 1.165) is 78.2 Å². The zero-order valence-corrected chi connectivity index (χ0v) is 17.9. The molecule has 3 aliphatic rings. The lowest BCUT2D eigenvalue weighted by Crippen LogP contribution is -2.61. The summed E-state index contributed by atoms with van der Waals surface area (Å²) >= 11 is 0. The van der Waals surface area contributed by atoms with Gasteiger partial charge in [0.2, 0.25) is 5.91 Å². The average molecular weight is 400 g/mol. The van der Waals surface area contributed by atoms with Gasteiger partial charge in [-0.1, -0.05) is 37.3 Å². The minimum atomic E-state index is -0.201. The Morgan fingerprint density at radius 1 is 1.17 bits per heavy atom. The summed E-state index contributed by atoms with van der Waals surface area (Å²) in [6, 6.07) is 11.1. The van der Waals surface area contributed by atoms with Crippen molar-refractivity contribution >= 4 is 5.91 Å². The van der Waals surface area contributed by atoms with Crippen LogP contribution >= 0.6 is 0 Å². The van der Waals surface area contributed by atoms with Crippen LogP contribution in [-0.2, 0) is 16.0 Å². The summed E-state index contributed by atoms with van der Waals surface area (Å²) in [5.41, 5.74) is 1.09. The fourth-order valence-electron chi connectivity index (χ4n) is 5.77. The van der Waals surface area contributed by atoms with Crippen molar-refractivity contribution in [2.24, 2.45) is 11.3 Å². The fourth-order valence-corrected chi connectivity index (χ4v) is 5.77. The second-order valence-electron chi connectivity index (χ2n) is 9.08. The van der Waals surface area contributed by atoms with Gasteiger partial charge in [0, 0.05) is 32.2 Å². The zero-order valence-electron chi connectivity index (χ0n) is 17.9. The van der Waals surface area contributed by atoms with Crippen LogP contribution in [0.5, 0.6) is 0 Å². The van der Waals surface area contributed by atoms with Crippen molar-refractivity contribution < 1.29 is 9.53 Å². The number of ether oxygens (including phenoxy) is 1. The number of hydrogen-bond donors (Lipinski definition) is 1. The van der Waals surface area contributed by atoms with E-state index in [-0.39, 0.29) is 5.41 Å². The molecule has 5 heteroatoms. The Balaban J connectivity index is 1.41. The number of nitrogens with one attached hydrogen (secondary N) is 1. The molecule has 1 aromatic rings. The molecule has 0 spiro atoms. The summed E-state index contributed by atoms with van der Waals surface area (Å²) in [7, 11) is 0. The number of rotatable bonds is 6. The van der Waals surface area contributed by atoms with E-state index in [9.17, 15) is 4.79 Å². The van der Waals surface area contributed by atoms with Gasteiger partial charge in [-0.3, -0.25) is 9.69 Å². The highest BCUT2D eigenvalue weighted by atomic mass is 16.5. The highest BCUT2D eigenvalue weighted by molar-refractivity contribution is 5.83. The molecule has 1 aromatic carbocycles. The van der Waals surface area contributed by atoms with Crippen LogP contribution < -0.4 is 5.32 Å². The second-order valence-corrected chi connectivity index (χ2v) is 9.08. The van der Waals surface area contributed by atoms with Crippen LogP contribution in [0.25, 0.3) is 0 Å². The van der Waals surface area contributed by atoms with Crippen LogP contribution in [0.15, 0.2) is 30.3 Å². The van der Waals surface area contributed by atoms with Gasteiger partial charge in [-0.05, 0) is 56.7 Å². The second kappa shape index (κ2) is 9.59. The third-order valence-corrected chi connectivity index (χ3v) is 7.56. The minimum absolute atomic E-state index is 0.201. The molecular weight excluding hydrogens is 362 g/mol. The van der Waals surface area contributed by atoms with E-state index in [1.807, 2.05) is 6.07 Å². The maximum atomic E-state index is 13.5. The number of piperidine rings is 1. The van der Waals surface area contributed by atoms with Crippen molar-refractivity contribution in [3.05, 3.63) is 35.9 Å². The van der Waals surface area contributed by atoms with Gasteiger partial charge < -0.3 is 15.0 Å². The summed E-state index contributed by atoms with van der Waals surface area (Å²) in [5, 5.41) is 3.33. The molecule has 4 rings (SSSR count). The summed E-state index contributed by atoms with van der Waals surface area (Å²) in [5.74, 6) is 0.806. The van der Waals surface area contributed by atoms with Crippen LogP contribution in [0.3, 0.4) is 0 Å². The van der Waals surface area contributed by atoms with Gasteiger partial charge in [0.05, 0.1) is 18.6 Å². The van der Waals surface area contributed by atoms with Crippen LogP contribution in [0.2, 0.25) is 0 Å². The van der Waals surface area contributed by atoms with E-state index in [1.54, 1.807) is 0 Å². The molecule has 1 N–H and O–H groups in total. The van der Waals surface area contributed by atoms with Crippen molar-refractivity contribution in [3.63, 3.8) is 0 Å². The Hall–Kier alpha value is -1.43. The molecule has 1 amide bonds. The van der Waals surface area contributed by atoms with Crippen LogP contribution in [0, 0.1) is 11.3 Å². The Labute approximate surface area is 175 Å². The van der Waals surface area contributed by atoms with Gasteiger partial charge in [0.25, 0.3) is 0 Å². The summed E-state index contributed by atoms with van der Waals surface area (Å²) in [6.45, 7) is 9.88. The number of fused-ring (bicyclic) bond motifs is 1. The smallest absolute Gasteiger partial charge is 0.227 e. The van der Waals surface area contributed by atoms with Gasteiger partial charge in [0.1, 0.15) is 0 Å². The van der Waals surface area contributed by atoms with Gasteiger partial charge in [-0.15, -0.1) is 0 Å². The lowest BCUT2D eigenvalue weighted by atomic mass is 9.61. The third-order valence-electron chi connectivity index (χ3n) is 7.56. The predicted molar refractivity (Wildman–Crippen MR) is 116 cm³/mol. The van der Waals surface area contributed by atoms with E-state index in [1.165, 1.54) is 12.0 Å². The number of benzene rings is 1. The molecule has 0 bridgehead atoms. The van der Waals surface area contributed by atoms with E-state index >= 15 is 0 Å². The van der Waals surface area contributed by atoms with Gasteiger partial charge >= 0.3 is 0 Å². The molecule has 1 aliphatic carbocycles. The molecule has 0 unspecified atom stereocenters. The highest BCUT2D eigenvalue weighted by Crippen LogP contribution is 2.47. The monoisotopic (exact) mass is 399 g/mol. The van der Waals surface area contributed by atoms with Gasteiger partial charge in [0.15, 0.2) is 0 Å². The van der Waals surface area contributed by atoms with E-state index in [2.05, 4.69) is 46.3 Å². The predicted octanol–water partition coefficient (Wildman–Crippen LogP) is 2.56. The van der Waals surface area contributed by atoms with E-state index < -0.39 is 0 Å². The molecule has 3 atom stereocenters. The molecule has 3 fully saturated rings. The zero-order chi connectivity index (χ0) is 20.1. The molecule has 1 saturated carbocycles. The Morgan fingerprint density at radius 3 is 2.72 bits per heavy atom. The number of amides is 1. The molecule has 29 heavy (non-hydrogen) atoms. The lowest BCUT2D eigenvalue weighted by Gasteiger charge is -2.53. The SMILES string of the molecule is CCN1CC[C@@H]2C[C@@H](N3CCOCC3)CC[C@@]2(C(=O)NCCc2ccccc2)C1. The molecule has 0 aromatic heterocycles. The molecule has 5 nitrogen and oxygen atoms in total. The van der Waals surface area contributed by atoms with Gasteiger partial charge in [-0.25, -0.2) is 0 Å². The van der Waals surface area contributed by atoms with E-state index in [0.29, 0.717) is 17.9 Å². The maximum absolute atomic E-state index is 13.5. The highest BCUT2D eigenvalue weighted by Gasteiger charge is 2.52. The van der Waals surface area contributed by atoms with E-state index in [4.69, 9.17) is 4.74 Å². The molecular formula is C24H37N3O2. The number of likely N-dealkylation sites (tertiary alicyclic amines) is 1. The first-order valence-corrected chi connectivity index (χ1v) is 11.6. The van der Waals surface area contributed by atoms with Crippen LogP contribution in [0.4, 0.5) is 0 Å². The summed E-state index contributed by atoms with van der Waals surface area (Å²) in [4.78, 5) is 18.6. The number of morpholine rings is 1. The largest absolute Gasteiger partial charge is 0.379 e. The molecule has 2 saturated heterocycles. The van der Waals surface area contributed by atoms with Crippen molar-refractivity contribution in [1.82, 2.24) is 15.1 Å². The quantitative estimate of drug-likeness (QED) is 0.799. The van der Waals surface area contributed by atoms with Crippen molar-refractivity contribution in [2.45, 2.75) is 45.1 Å². The Bertz CT molecular complexity index is 661. The summed E-state index contributed by atoms with van der Waals surface area (Å²) in [6.07, 6.45) is 5.39. The number of carbonyl (C=O) groups excluding carboxylic acids is 1. The summed E-state index contributed by atoms with van der Waals surface area (Å²) < 4.78 is 5.55. The fraction of sp³-hybridized carbons (Fsp3) is 0.708. The maximum Gasteiger partial charge on any atom is 0.227 e. The van der Waals surface area contributed by atoms with Gasteiger partial charge in [-0.2, -0.15) is 0 Å². The number of nitrogens with zero attached hydrogens (tertiary/aromatic N) is 2. The van der Waals surface area contributed by atoms with Crippen molar-refractivity contribution in [2.75, 3.05) is 52.5 Å². The molecule has 0 radical (unpaired) electrons. The van der Waals surface area contributed by atoms with Crippen molar-refractivity contribution in [1.29, 1.82) is 0 Å². The molecule has 2 aliphatic heterocycles. The molecule has 160 valence electrons. The first kappa shape index (κ1) is 20.8. The van der Waals surface area contributed by atoms with Crippen molar-refractivity contribution in [3.8, 4) is 0 Å².